The Morgan fingerprint density at radius 3 is 0.986 bits per heavy atom. The maximum atomic E-state index is 12.8. The van der Waals surface area contributed by atoms with Gasteiger partial charge in [0.2, 0.25) is 0 Å². The van der Waals surface area contributed by atoms with E-state index in [-0.39, 0.29) is 44.0 Å². The first-order chi connectivity index (χ1) is 34.5. The normalized spacial score (nSPS) is 13.2. The van der Waals surface area contributed by atoms with E-state index in [9.17, 15) is 14.4 Å². The van der Waals surface area contributed by atoms with Crippen LogP contribution in [0.5, 0.6) is 0 Å². The van der Waals surface area contributed by atoms with Crippen LogP contribution in [0.2, 0.25) is 0 Å². The fraction of sp³-hybridized carbons (Fsp3) is 0.578. The molecule has 392 valence electrons. The summed E-state index contributed by atoms with van der Waals surface area (Å²) in [7, 11) is 0. The fourth-order valence-corrected chi connectivity index (χ4v) is 6.96. The Balaban J connectivity index is 4.61. The molecule has 0 aromatic carbocycles. The number of esters is 3. The van der Waals surface area contributed by atoms with Gasteiger partial charge in [-0.1, -0.05) is 218 Å². The lowest BCUT2D eigenvalue weighted by Crippen LogP contribution is -2.30. The molecule has 0 N–H and O–H groups in total. The van der Waals surface area contributed by atoms with Crippen molar-refractivity contribution in [1.29, 1.82) is 0 Å². The Morgan fingerprint density at radius 1 is 0.300 bits per heavy atom. The average Bonchev–Trinajstić information content (AvgIpc) is 3.36. The van der Waals surface area contributed by atoms with Crippen molar-refractivity contribution >= 4 is 17.9 Å². The summed E-state index contributed by atoms with van der Waals surface area (Å²) < 4.78 is 16.7. The minimum atomic E-state index is -0.836. The van der Waals surface area contributed by atoms with Gasteiger partial charge in [0, 0.05) is 19.3 Å². The summed E-state index contributed by atoms with van der Waals surface area (Å²) in [4.78, 5) is 38.1. The second-order valence-electron chi connectivity index (χ2n) is 17.7. The van der Waals surface area contributed by atoms with Gasteiger partial charge < -0.3 is 14.2 Å². The molecule has 0 heterocycles. The van der Waals surface area contributed by atoms with E-state index in [1.807, 2.05) is 12.2 Å². The topological polar surface area (TPSA) is 78.9 Å². The molecule has 0 aromatic heterocycles. The second-order valence-corrected chi connectivity index (χ2v) is 17.7. The van der Waals surface area contributed by atoms with Crippen LogP contribution >= 0.6 is 0 Å². The Bertz CT molecular complexity index is 1580. The minimum Gasteiger partial charge on any atom is -0.462 e. The van der Waals surface area contributed by atoms with Gasteiger partial charge in [0.05, 0.1) is 0 Å². The van der Waals surface area contributed by atoms with Gasteiger partial charge in [-0.3, -0.25) is 14.4 Å². The van der Waals surface area contributed by atoms with E-state index in [1.54, 1.807) is 0 Å². The first kappa shape index (κ1) is 65.3. The lowest BCUT2D eigenvalue weighted by molar-refractivity contribution is -0.166. The van der Waals surface area contributed by atoms with Crippen molar-refractivity contribution in [2.75, 3.05) is 13.2 Å². The van der Waals surface area contributed by atoms with Crippen LogP contribution in [0.4, 0.5) is 0 Å². The molecule has 1 atom stereocenters. The zero-order valence-electron chi connectivity index (χ0n) is 44.7. The number of allylic oxidation sites excluding steroid dienone is 24. The van der Waals surface area contributed by atoms with E-state index in [1.165, 1.54) is 44.9 Å². The largest absolute Gasteiger partial charge is 0.462 e. The highest BCUT2D eigenvalue weighted by Crippen LogP contribution is 2.12. The van der Waals surface area contributed by atoms with Gasteiger partial charge in [0.1, 0.15) is 13.2 Å². The Labute approximate surface area is 429 Å². The zero-order valence-corrected chi connectivity index (χ0v) is 44.7. The Morgan fingerprint density at radius 2 is 0.586 bits per heavy atom. The molecule has 0 bridgehead atoms. The number of rotatable bonds is 48. The summed E-state index contributed by atoms with van der Waals surface area (Å²) >= 11 is 0. The minimum absolute atomic E-state index is 0.125. The first-order valence-corrected chi connectivity index (χ1v) is 27.8. The van der Waals surface area contributed by atoms with Gasteiger partial charge in [-0.25, -0.2) is 0 Å². The van der Waals surface area contributed by atoms with E-state index >= 15 is 0 Å². The lowest BCUT2D eigenvalue weighted by Gasteiger charge is -2.18. The molecular formula is C64H100O6. The van der Waals surface area contributed by atoms with Gasteiger partial charge in [0.25, 0.3) is 0 Å². The van der Waals surface area contributed by atoms with Crippen molar-refractivity contribution in [3.63, 3.8) is 0 Å². The van der Waals surface area contributed by atoms with Gasteiger partial charge in [0.15, 0.2) is 6.10 Å². The Hall–Kier alpha value is -4.71. The number of carbonyl (C=O) groups is 3. The third-order valence-corrected chi connectivity index (χ3v) is 11.1. The smallest absolute Gasteiger partial charge is 0.306 e. The van der Waals surface area contributed by atoms with Gasteiger partial charge in [-0.2, -0.15) is 0 Å². The molecule has 0 rings (SSSR count). The molecule has 1 unspecified atom stereocenters. The predicted molar refractivity (Wildman–Crippen MR) is 302 cm³/mol. The van der Waals surface area contributed by atoms with Crippen molar-refractivity contribution in [3.05, 3.63) is 146 Å². The van der Waals surface area contributed by atoms with Crippen LogP contribution in [0.25, 0.3) is 0 Å². The number of carbonyl (C=O) groups excluding carboxylic acids is 3. The highest BCUT2D eigenvalue weighted by molar-refractivity contribution is 5.71. The Kier molecular flexibility index (Phi) is 53.0. The predicted octanol–water partition coefficient (Wildman–Crippen LogP) is 18.8. The SMILES string of the molecule is CC/C=C\C/C=C\C/C=C\C/C=C\C/C=C\C/C=C\CCC(=O)OCC(COC(=O)CCCCCCC/C=C\CCCCCCC)OC(=O)CCCCC/C=C\C/C=C\C/C=C\C/C=C\C/C=C\CC. The van der Waals surface area contributed by atoms with Crippen LogP contribution in [0.1, 0.15) is 220 Å². The van der Waals surface area contributed by atoms with Crippen molar-refractivity contribution in [3.8, 4) is 0 Å². The van der Waals surface area contributed by atoms with E-state index < -0.39 is 6.10 Å². The standard InChI is InChI=1S/C64H100O6/c1-4-7-10-13-16-19-22-25-28-30-32-34-36-39-42-45-48-51-54-57-63(66)69-60-61(59-68-62(65)56-53-50-47-44-41-38-27-24-21-18-15-12-9-6-3)70-64(67)58-55-52-49-46-43-40-37-35-33-31-29-26-23-20-17-14-11-8-5-2/h7-8,10-11,16-17,19-20,24-29,32-35,39-40,42-43,48,51,61H,4-6,9,12-15,18,21-23,30-31,36-38,41,44-47,49-50,52-60H2,1-3H3/b10-7-,11-8-,19-16-,20-17-,27-24-,28-25-,29-26-,34-32-,35-33-,42-39-,43-40-,51-48-. The monoisotopic (exact) mass is 965 g/mol. The average molecular weight is 965 g/mol. The van der Waals surface area contributed by atoms with Gasteiger partial charge >= 0.3 is 17.9 Å². The first-order valence-electron chi connectivity index (χ1n) is 27.8. The summed E-state index contributed by atoms with van der Waals surface area (Å²) in [6.45, 7) is 6.28. The molecule has 0 saturated carbocycles. The van der Waals surface area contributed by atoms with Crippen LogP contribution in [0, 0.1) is 0 Å². The molecule has 0 spiro atoms. The van der Waals surface area contributed by atoms with Crippen LogP contribution in [-0.2, 0) is 28.6 Å². The number of ether oxygens (including phenoxy) is 3. The molecule has 0 fully saturated rings. The van der Waals surface area contributed by atoms with E-state index in [4.69, 9.17) is 14.2 Å². The van der Waals surface area contributed by atoms with Crippen LogP contribution in [0.3, 0.4) is 0 Å². The highest BCUT2D eigenvalue weighted by atomic mass is 16.6. The maximum absolute atomic E-state index is 12.8. The molecule has 0 aliphatic carbocycles. The van der Waals surface area contributed by atoms with Crippen LogP contribution in [-0.4, -0.2) is 37.2 Å². The molecule has 6 heteroatoms. The number of hydrogen-bond donors (Lipinski definition) is 0. The molecule has 0 saturated heterocycles. The summed E-state index contributed by atoms with van der Waals surface area (Å²) in [6.07, 6.45) is 81.3. The van der Waals surface area contributed by atoms with Crippen molar-refractivity contribution in [2.24, 2.45) is 0 Å². The quantitative estimate of drug-likeness (QED) is 0.0262. The third-order valence-electron chi connectivity index (χ3n) is 11.1. The molecule has 0 aromatic rings. The van der Waals surface area contributed by atoms with E-state index in [2.05, 4.69) is 154 Å². The zero-order chi connectivity index (χ0) is 50.7. The second kappa shape index (κ2) is 56.9. The molecule has 0 radical (unpaired) electrons. The van der Waals surface area contributed by atoms with Crippen molar-refractivity contribution in [1.82, 2.24) is 0 Å². The summed E-state index contributed by atoms with van der Waals surface area (Å²) in [6, 6.07) is 0. The molecule has 0 aliphatic rings. The molecule has 0 aliphatic heterocycles. The van der Waals surface area contributed by atoms with Crippen LogP contribution in [0.15, 0.2) is 146 Å². The maximum Gasteiger partial charge on any atom is 0.306 e. The number of unbranched alkanes of at least 4 members (excludes halogenated alkanes) is 13. The molecule has 6 nitrogen and oxygen atoms in total. The van der Waals surface area contributed by atoms with E-state index in [0.29, 0.717) is 19.3 Å². The van der Waals surface area contributed by atoms with Crippen molar-refractivity contribution < 1.29 is 28.6 Å². The lowest BCUT2D eigenvalue weighted by atomic mass is 10.1. The summed E-state index contributed by atoms with van der Waals surface area (Å²) in [5, 5.41) is 0. The highest BCUT2D eigenvalue weighted by Gasteiger charge is 2.19. The molecular weight excluding hydrogens is 865 g/mol. The number of hydrogen-bond acceptors (Lipinski definition) is 6. The third kappa shape index (κ3) is 54.2. The summed E-state index contributed by atoms with van der Waals surface area (Å²) in [5.41, 5.74) is 0. The summed E-state index contributed by atoms with van der Waals surface area (Å²) in [5.74, 6) is -1.06. The van der Waals surface area contributed by atoms with E-state index in [0.717, 1.165) is 122 Å². The fourth-order valence-electron chi connectivity index (χ4n) is 6.96. The van der Waals surface area contributed by atoms with Gasteiger partial charge in [-0.15, -0.1) is 0 Å². The van der Waals surface area contributed by atoms with Crippen molar-refractivity contribution in [2.45, 2.75) is 226 Å². The molecule has 70 heavy (non-hydrogen) atoms. The van der Waals surface area contributed by atoms with Gasteiger partial charge in [-0.05, 0) is 128 Å². The van der Waals surface area contributed by atoms with Crippen LogP contribution < -0.4 is 0 Å². The molecule has 0 amide bonds.